The van der Waals surface area contributed by atoms with Gasteiger partial charge in [0.1, 0.15) is 0 Å². The van der Waals surface area contributed by atoms with Gasteiger partial charge in [-0.25, -0.2) is 0 Å². The summed E-state index contributed by atoms with van der Waals surface area (Å²) in [5.74, 6) is 0. The van der Waals surface area contributed by atoms with Crippen molar-refractivity contribution in [3.63, 3.8) is 0 Å². The molecule has 0 aromatic rings. The number of nitrogens with zero attached hydrogens (tertiary/aromatic N) is 1. The summed E-state index contributed by atoms with van der Waals surface area (Å²) in [6.45, 7) is 0. The standard InChI is InChI=1S/HNO3.O.2Rh/c2-1(3)4;;;/h(H,2,3,4);;;. The van der Waals surface area contributed by atoms with Crippen LogP contribution < -0.4 is 0 Å². The van der Waals surface area contributed by atoms with E-state index in [1.807, 2.05) is 0 Å². The summed E-state index contributed by atoms with van der Waals surface area (Å²) in [4.78, 5) is 8.36. The molecule has 0 aliphatic rings. The van der Waals surface area contributed by atoms with E-state index in [2.05, 4.69) is 0 Å². The van der Waals surface area contributed by atoms with Gasteiger partial charge >= 0.3 is 21.8 Å². The van der Waals surface area contributed by atoms with Crippen LogP contribution in [0.25, 0.3) is 0 Å². The molecule has 0 rings (SSSR count). The minimum atomic E-state index is -1.50. The monoisotopic (exact) mass is 285 g/mol. The Morgan fingerprint density at radius 1 is 1.57 bits per heavy atom. The van der Waals surface area contributed by atoms with Gasteiger partial charge in [0, 0.05) is 19.5 Å². The molecule has 7 heavy (non-hydrogen) atoms. The molecule has 7 heteroatoms. The van der Waals surface area contributed by atoms with Crippen molar-refractivity contribution in [2.45, 2.75) is 0 Å². The third-order valence-electron chi connectivity index (χ3n) is 0. The second-order valence-electron chi connectivity index (χ2n) is 0.238. The molecule has 0 aliphatic heterocycles. The van der Waals surface area contributed by atoms with Crippen molar-refractivity contribution in [1.29, 1.82) is 0 Å². The van der Waals surface area contributed by atoms with Crippen molar-refractivity contribution in [1.82, 2.24) is 0 Å². The predicted octanol–water partition coefficient (Wildman–Crippen LogP) is -0.471. The molecule has 0 aromatic carbocycles. The minimum absolute atomic E-state index is 0. The van der Waals surface area contributed by atoms with E-state index in [0.29, 0.717) is 0 Å². The van der Waals surface area contributed by atoms with E-state index in [9.17, 15) is 0 Å². The summed E-state index contributed by atoms with van der Waals surface area (Å²) < 4.78 is 8.14. The largest absolute Gasteiger partial charge is 0 e. The maximum Gasteiger partial charge on any atom is 0 e. The van der Waals surface area contributed by atoms with Crippen LogP contribution in [0.3, 0.4) is 0 Å². The maximum absolute atomic E-state index is 8.36. The fraction of sp³-hybridized carbons (Fsp3) is 0. The van der Waals surface area contributed by atoms with E-state index < -0.39 is 5.09 Å². The van der Waals surface area contributed by atoms with Crippen molar-refractivity contribution in [2.24, 2.45) is 0 Å². The first-order valence-electron chi connectivity index (χ1n) is 0.701. The molecule has 0 aliphatic carbocycles. The molecule has 0 bridgehead atoms. The summed E-state index contributed by atoms with van der Waals surface area (Å²) in [5.41, 5.74) is 0. The van der Waals surface area contributed by atoms with Crippen LogP contribution in [0.15, 0.2) is 0 Å². The van der Waals surface area contributed by atoms with Crippen molar-refractivity contribution in [2.75, 3.05) is 0 Å². The number of rotatable bonds is 0. The number of hydrogen-bond acceptors (Lipinski definition) is 3. The van der Waals surface area contributed by atoms with Crippen LogP contribution >= 0.6 is 0 Å². The van der Waals surface area contributed by atoms with Gasteiger partial charge in [-0.15, -0.1) is 10.1 Å². The zero-order valence-corrected chi connectivity index (χ0v) is 6.06. The second kappa shape index (κ2) is 16.3. The molecular weight excluding hydrogens is 284 g/mol. The molecule has 0 aromatic heterocycles. The van der Waals surface area contributed by atoms with Gasteiger partial charge in [-0.2, -0.15) is 0 Å². The van der Waals surface area contributed by atoms with Crippen molar-refractivity contribution in [3.8, 4) is 0 Å². The average molecular weight is 285 g/mol. The molecular formula is HNO4Rh2. The topological polar surface area (TPSA) is 80.4 Å². The fourth-order valence-corrected chi connectivity index (χ4v) is 0. The molecule has 0 spiro atoms. The fourth-order valence-electron chi connectivity index (χ4n) is 0. The summed E-state index contributed by atoms with van der Waals surface area (Å²) in [6, 6.07) is 0. The first-order chi connectivity index (χ1) is 2.73. The predicted molar refractivity (Wildman–Crippen MR) is 9.47 cm³/mol. The summed E-state index contributed by atoms with van der Waals surface area (Å²) in [5, 5.41) is 13.6. The first kappa shape index (κ1) is 15.7. The Morgan fingerprint density at radius 3 is 1.57 bits per heavy atom. The van der Waals surface area contributed by atoms with Gasteiger partial charge in [-0.1, -0.05) is 0 Å². The van der Waals surface area contributed by atoms with E-state index in [4.69, 9.17) is 18.9 Å². The summed E-state index contributed by atoms with van der Waals surface area (Å²) in [7, 11) is 0. The maximum atomic E-state index is 8.36. The SMILES string of the molecule is O=[N+]([O-])O.[O]=[Rh].[Rh]. The van der Waals surface area contributed by atoms with E-state index in [-0.39, 0.29) is 19.5 Å². The number of hydrogen-bond donors (Lipinski definition) is 1. The Hall–Kier alpha value is 0.247. The first-order valence-corrected chi connectivity index (χ1v) is 1.37. The smallest absolute Gasteiger partial charge is 0 e. The van der Waals surface area contributed by atoms with Crippen molar-refractivity contribution in [3.05, 3.63) is 10.1 Å². The third kappa shape index (κ3) is 1850. The molecule has 0 amide bonds. The average Bonchev–Trinajstić information content (AvgIpc) is 1.41. The van der Waals surface area contributed by atoms with Crippen molar-refractivity contribution < 1.29 is 51.6 Å². The van der Waals surface area contributed by atoms with Crippen LogP contribution in [-0.2, 0) is 41.3 Å². The van der Waals surface area contributed by atoms with Gasteiger partial charge in [0.2, 0.25) is 0 Å². The van der Waals surface area contributed by atoms with Gasteiger partial charge in [-0.05, 0) is 0 Å². The van der Waals surface area contributed by atoms with E-state index in [0.717, 1.165) is 0 Å². The van der Waals surface area contributed by atoms with E-state index in [1.54, 1.807) is 0 Å². The molecule has 5 nitrogen and oxygen atoms in total. The zero-order chi connectivity index (χ0) is 5.58. The van der Waals surface area contributed by atoms with Crippen LogP contribution in [0.2, 0.25) is 0 Å². The molecule has 0 fully saturated rings. The molecule has 48 valence electrons. The van der Waals surface area contributed by atoms with Crippen LogP contribution in [-0.4, -0.2) is 10.3 Å². The van der Waals surface area contributed by atoms with Crippen LogP contribution in [0.4, 0.5) is 0 Å². The van der Waals surface area contributed by atoms with Crippen LogP contribution in [0.1, 0.15) is 0 Å². The van der Waals surface area contributed by atoms with Crippen LogP contribution in [0.5, 0.6) is 0 Å². The van der Waals surface area contributed by atoms with E-state index >= 15 is 0 Å². The van der Waals surface area contributed by atoms with Gasteiger partial charge < -0.3 is 5.21 Å². The third-order valence-corrected chi connectivity index (χ3v) is 0. The molecule has 0 saturated heterocycles. The molecule has 0 heterocycles. The van der Waals surface area contributed by atoms with E-state index in [1.165, 1.54) is 18.3 Å². The minimum Gasteiger partial charge on any atom is 0 e. The molecule has 0 atom stereocenters. The molecule has 1 radical (unpaired) electrons. The van der Waals surface area contributed by atoms with Gasteiger partial charge in [0.25, 0.3) is 5.09 Å². The Kier molecular flexibility index (Phi) is 36.5. The Bertz CT molecular complexity index is 41.0. The Balaban J connectivity index is -0.0000000480. The van der Waals surface area contributed by atoms with Crippen LogP contribution in [0, 0.1) is 10.1 Å². The molecule has 0 unspecified atom stereocenters. The Labute approximate surface area is 61.9 Å². The summed E-state index contributed by atoms with van der Waals surface area (Å²) >= 11 is 1.30. The van der Waals surface area contributed by atoms with Gasteiger partial charge in [0.15, 0.2) is 0 Å². The second-order valence-corrected chi connectivity index (χ2v) is 0.238. The van der Waals surface area contributed by atoms with Gasteiger partial charge in [0.05, 0.1) is 0 Å². The quantitative estimate of drug-likeness (QED) is 0.370. The zero-order valence-electron chi connectivity index (χ0n) is 2.79. The molecule has 0 saturated carbocycles. The normalized spacial score (nSPS) is 4.14. The molecule has 1 N–H and O–H groups in total. The Morgan fingerprint density at radius 2 is 1.57 bits per heavy atom. The van der Waals surface area contributed by atoms with Crippen molar-refractivity contribution >= 4 is 0 Å². The van der Waals surface area contributed by atoms with Gasteiger partial charge in [-0.3, -0.25) is 0 Å². The summed E-state index contributed by atoms with van der Waals surface area (Å²) in [6.07, 6.45) is 0.